The van der Waals surface area contributed by atoms with Crippen molar-refractivity contribution < 1.29 is 18.6 Å². The Balaban J connectivity index is 1.73. The van der Waals surface area contributed by atoms with E-state index in [9.17, 15) is 14.5 Å². The Bertz CT molecular complexity index is 724. The van der Waals surface area contributed by atoms with Crippen molar-refractivity contribution in [2.45, 2.75) is 51.7 Å². The fourth-order valence-electron chi connectivity index (χ4n) is 3.26. The van der Waals surface area contributed by atoms with E-state index >= 15 is 0 Å². The predicted molar refractivity (Wildman–Crippen MR) is 98.8 cm³/mol. The monoisotopic (exact) mass is 362 g/mol. The summed E-state index contributed by atoms with van der Waals surface area (Å²) in [7, 11) is -0.979. The molecule has 0 saturated carbocycles. The minimum atomic E-state index is -0.979. The van der Waals surface area contributed by atoms with Gasteiger partial charge in [-0.3, -0.25) is 10.1 Å². The van der Waals surface area contributed by atoms with Crippen molar-refractivity contribution in [1.82, 2.24) is 0 Å². The van der Waals surface area contributed by atoms with Crippen LogP contribution in [0.15, 0.2) is 35.6 Å². The second-order valence-corrected chi connectivity index (χ2v) is 7.77. The molecule has 2 saturated heterocycles. The van der Waals surface area contributed by atoms with Crippen molar-refractivity contribution in [3.63, 3.8) is 0 Å². The minimum Gasteiger partial charge on any atom is -0.398 e. The average Bonchev–Trinajstić information content (AvgIpc) is 2.82. The third kappa shape index (κ3) is 3.35. The molecule has 0 atom stereocenters. The van der Waals surface area contributed by atoms with Gasteiger partial charge in [-0.05, 0) is 52.2 Å². The number of hydrogen-bond donors (Lipinski definition) is 0. The van der Waals surface area contributed by atoms with Crippen LogP contribution in [0.2, 0.25) is 0 Å². The maximum absolute atomic E-state index is 14.9. The molecule has 6 nitrogen and oxygen atoms in total. The Labute approximate surface area is 153 Å². The lowest BCUT2D eigenvalue weighted by molar-refractivity contribution is -0.384. The van der Waals surface area contributed by atoms with Crippen LogP contribution in [0.1, 0.15) is 40.5 Å². The van der Waals surface area contributed by atoms with Crippen molar-refractivity contribution in [3.8, 4) is 0 Å². The fraction of sp³-hybridized carbons (Fsp3) is 0.556. The number of rotatable bonds is 3. The average molecular weight is 362 g/mol. The molecule has 0 radical (unpaired) electrons. The number of para-hydroxylation sites is 2. The quantitative estimate of drug-likeness (QED) is 0.461. The summed E-state index contributed by atoms with van der Waals surface area (Å²) >= 11 is 0. The Hall–Kier alpha value is -1.93. The molecule has 0 aliphatic carbocycles. The third-order valence-corrected chi connectivity index (χ3v) is 5.58. The SMILES string of the molecule is CC1(C)OB(C(F)=C2CCN(c3ccccc3[N+](=O)[O-])CC2)OC1(C)C. The Morgan fingerprint density at radius 1 is 1.15 bits per heavy atom. The number of nitro groups is 1. The number of piperidine rings is 1. The van der Waals surface area contributed by atoms with Gasteiger partial charge in [0, 0.05) is 19.2 Å². The molecule has 2 aliphatic heterocycles. The first-order chi connectivity index (χ1) is 12.1. The van der Waals surface area contributed by atoms with Gasteiger partial charge in [0.2, 0.25) is 0 Å². The Morgan fingerprint density at radius 2 is 1.69 bits per heavy atom. The molecule has 0 spiro atoms. The van der Waals surface area contributed by atoms with Gasteiger partial charge < -0.3 is 14.2 Å². The predicted octanol–water partition coefficient (Wildman–Crippen LogP) is 4.05. The molecular weight excluding hydrogens is 338 g/mol. The smallest absolute Gasteiger partial charge is 0.398 e. The first kappa shape index (κ1) is 18.9. The van der Waals surface area contributed by atoms with E-state index in [0.717, 1.165) is 0 Å². The van der Waals surface area contributed by atoms with Gasteiger partial charge in [0.1, 0.15) is 11.4 Å². The minimum absolute atomic E-state index is 0.0753. The van der Waals surface area contributed by atoms with E-state index in [4.69, 9.17) is 9.31 Å². The zero-order valence-electron chi connectivity index (χ0n) is 15.6. The molecule has 0 aromatic heterocycles. The molecule has 0 amide bonds. The zero-order valence-corrected chi connectivity index (χ0v) is 15.6. The molecular formula is C18H24BFN2O4. The van der Waals surface area contributed by atoms with Crippen molar-refractivity contribution >= 4 is 18.5 Å². The normalized spacial score (nSPS) is 21.8. The molecule has 3 rings (SSSR count). The maximum Gasteiger partial charge on any atom is 0.525 e. The molecule has 0 N–H and O–H groups in total. The van der Waals surface area contributed by atoms with Gasteiger partial charge in [-0.25, -0.2) is 4.39 Å². The second-order valence-electron chi connectivity index (χ2n) is 7.77. The summed E-state index contributed by atoms with van der Waals surface area (Å²) in [5, 5.41) is 11.2. The number of anilines is 1. The van der Waals surface area contributed by atoms with Gasteiger partial charge in [-0.2, -0.15) is 0 Å². The van der Waals surface area contributed by atoms with Crippen molar-refractivity contribution in [1.29, 1.82) is 0 Å². The first-order valence-corrected chi connectivity index (χ1v) is 8.84. The van der Waals surface area contributed by atoms with Gasteiger partial charge >= 0.3 is 7.12 Å². The summed E-state index contributed by atoms with van der Waals surface area (Å²) < 4.78 is 26.5. The van der Waals surface area contributed by atoms with Gasteiger partial charge in [-0.1, -0.05) is 12.1 Å². The lowest BCUT2D eigenvalue weighted by Gasteiger charge is -2.32. The molecule has 0 bridgehead atoms. The number of hydrogen-bond acceptors (Lipinski definition) is 5. The van der Waals surface area contributed by atoms with E-state index in [1.54, 1.807) is 18.2 Å². The number of benzene rings is 1. The second kappa shape index (κ2) is 6.66. The molecule has 1 aromatic rings. The van der Waals surface area contributed by atoms with E-state index in [-0.39, 0.29) is 16.3 Å². The van der Waals surface area contributed by atoms with Crippen LogP contribution >= 0.6 is 0 Å². The summed E-state index contributed by atoms with van der Waals surface area (Å²) in [6.45, 7) is 8.61. The lowest BCUT2D eigenvalue weighted by atomic mass is 9.82. The molecule has 2 fully saturated rings. The van der Waals surface area contributed by atoms with Crippen LogP contribution in [0.3, 0.4) is 0 Å². The topological polar surface area (TPSA) is 64.8 Å². The third-order valence-electron chi connectivity index (χ3n) is 5.58. The highest BCUT2D eigenvalue weighted by molar-refractivity contribution is 6.53. The van der Waals surface area contributed by atoms with Crippen LogP contribution in [0.25, 0.3) is 0 Å². The van der Waals surface area contributed by atoms with Crippen LogP contribution in [0.5, 0.6) is 0 Å². The maximum atomic E-state index is 14.9. The van der Waals surface area contributed by atoms with Crippen molar-refractivity contribution in [2.24, 2.45) is 0 Å². The first-order valence-electron chi connectivity index (χ1n) is 8.84. The number of halogens is 1. The van der Waals surface area contributed by atoms with Gasteiger partial charge in [0.25, 0.3) is 5.69 Å². The van der Waals surface area contributed by atoms with Gasteiger partial charge in [0.05, 0.1) is 16.1 Å². The van der Waals surface area contributed by atoms with Gasteiger partial charge in [0.15, 0.2) is 0 Å². The summed E-state index contributed by atoms with van der Waals surface area (Å²) in [5.41, 5.74) is -0.204. The summed E-state index contributed by atoms with van der Waals surface area (Å²) in [6.07, 6.45) is 0.976. The molecule has 26 heavy (non-hydrogen) atoms. The van der Waals surface area contributed by atoms with E-state index in [1.165, 1.54) is 6.07 Å². The summed E-state index contributed by atoms with van der Waals surface area (Å²) in [4.78, 5) is 12.8. The van der Waals surface area contributed by atoms with Crippen molar-refractivity contribution in [3.05, 3.63) is 45.7 Å². The lowest BCUT2D eigenvalue weighted by Crippen LogP contribution is -2.41. The highest BCUT2D eigenvalue weighted by Crippen LogP contribution is 2.40. The fourth-order valence-corrected chi connectivity index (χ4v) is 3.26. The summed E-state index contributed by atoms with van der Waals surface area (Å²) in [6, 6.07) is 6.65. The Kier molecular flexibility index (Phi) is 4.83. The van der Waals surface area contributed by atoms with Crippen LogP contribution < -0.4 is 4.90 Å². The molecule has 2 heterocycles. The van der Waals surface area contributed by atoms with Crippen LogP contribution in [-0.4, -0.2) is 36.3 Å². The van der Waals surface area contributed by atoms with Gasteiger partial charge in [-0.15, -0.1) is 0 Å². The highest BCUT2D eigenvalue weighted by atomic mass is 19.1. The number of nitro benzene ring substituents is 1. The van der Waals surface area contributed by atoms with E-state index in [1.807, 2.05) is 32.6 Å². The highest BCUT2D eigenvalue weighted by Gasteiger charge is 2.53. The molecule has 8 heteroatoms. The van der Waals surface area contributed by atoms with Crippen LogP contribution in [-0.2, 0) is 9.31 Å². The van der Waals surface area contributed by atoms with E-state index in [2.05, 4.69) is 0 Å². The molecule has 1 aromatic carbocycles. The number of nitrogens with zero attached hydrogens (tertiary/aromatic N) is 2. The van der Waals surface area contributed by atoms with E-state index < -0.39 is 18.3 Å². The molecule has 0 unspecified atom stereocenters. The standard InChI is InChI=1S/C18H24BFN2O4/c1-17(2)18(3,4)26-19(25-17)16(20)13-9-11-21(12-10-13)14-7-5-6-8-15(14)22(23)24/h5-8H,9-12H2,1-4H3. The Morgan fingerprint density at radius 3 is 2.23 bits per heavy atom. The van der Waals surface area contributed by atoms with Crippen LogP contribution in [0.4, 0.5) is 15.8 Å². The van der Waals surface area contributed by atoms with E-state index in [0.29, 0.717) is 37.2 Å². The van der Waals surface area contributed by atoms with Crippen LogP contribution in [0, 0.1) is 10.1 Å². The van der Waals surface area contributed by atoms with Crippen molar-refractivity contribution in [2.75, 3.05) is 18.0 Å². The largest absolute Gasteiger partial charge is 0.525 e. The summed E-state index contributed by atoms with van der Waals surface area (Å²) in [5.74, 6) is 0. The molecule has 2 aliphatic rings. The molecule has 140 valence electrons. The zero-order chi connectivity index (χ0) is 19.1.